The maximum Gasteiger partial charge on any atom is 0.108 e. The van der Waals surface area contributed by atoms with Gasteiger partial charge in [-0.05, 0) is 24.7 Å². The van der Waals surface area contributed by atoms with Crippen LogP contribution in [0, 0.1) is 5.41 Å². The van der Waals surface area contributed by atoms with E-state index in [4.69, 9.17) is 11.6 Å². The highest BCUT2D eigenvalue weighted by molar-refractivity contribution is 6.18. The number of nitrogens with zero attached hydrogens (tertiary/aromatic N) is 2. The Hall–Kier alpha value is -0.500. The summed E-state index contributed by atoms with van der Waals surface area (Å²) < 4.78 is 2.11. The van der Waals surface area contributed by atoms with E-state index in [1.165, 1.54) is 37.9 Å². The molecule has 84 valence electrons. The molecule has 15 heavy (non-hydrogen) atoms. The second-order valence-corrected chi connectivity index (χ2v) is 5.06. The van der Waals surface area contributed by atoms with Crippen LogP contribution in [0.2, 0.25) is 0 Å². The van der Waals surface area contributed by atoms with Crippen LogP contribution in [0.5, 0.6) is 0 Å². The molecule has 0 atom stereocenters. The third kappa shape index (κ3) is 2.36. The summed E-state index contributed by atoms with van der Waals surface area (Å²) in [6, 6.07) is 0. The lowest BCUT2D eigenvalue weighted by molar-refractivity contribution is 0.311. The van der Waals surface area contributed by atoms with Gasteiger partial charge in [0.1, 0.15) is 5.82 Å². The van der Waals surface area contributed by atoms with E-state index in [0.29, 0.717) is 5.41 Å². The molecule has 2 rings (SSSR count). The lowest BCUT2D eigenvalue weighted by atomic mass is 9.83. The highest BCUT2D eigenvalue weighted by Gasteiger charge is 2.32. The van der Waals surface area contributed by atoms with Gasteiger partial charge in [0.05, 0.1) is 0 Å². The maximum absolute atomic E-state index is 6.12. The smallest absolute Gasteiger partial charge is 0.108 e. The Morgan fingerprint density at radius 2 is 2.20 bits per heavy atom. The quantitative estimate of drug-likeness (QED) is 0.722. The third-order valence-electron chi connectivity index (χ3n) is 3.75. The van der Waals surface area contributed by atoms with Crippen molar-refractivity contribution in [2.24, 2.45) is 12.5 Å². The average molecular weight is 227 g/mol. The molecule has 0 aliphatic heterocycles. The Morgan fingerprint density at radius 1 is 1.47 bits per heavy atom. The van der Waals surface area contributed by atoms with Gasteiger partial charge in [0.25, 0.3) is 0 Å². The van der Waals surface area contributed by atoms with Gasteiger partial charge in [0.2, 0.25) is 0 Å². The topological polar surface area (TPSA) is 17.8 Å². The Balaban J connectivity index is 1.94. The number of rotatable bonds is 4. The normalized spacial score (nSPS) is 19.6. The Bertz CT molecular complexity index is 313. The zero-order chi connectivity index (χ0) is 10.7. The number of halogens is 1. The third-order valence-corrected chi connectivity index (χ3v) is 4.31. The van der Waals surface area contributed by atoms with Gasteiger partial charge in [0.15, 0.2) is 0 Å². The number of hydrogen-bond donors (Lipinski definition) is 0. The van der Waals surface area contributed by atoms with Gasteiger partial charge < -0.3 is 4.57 Å². The predicted octanol–water partition coefficient (Wildman–Crippen LogP) is 3.15. The lowest BCUT2D eigenvalue weighted by Crippen LogP contribution is -2.20. The van der Waals surface area contributed by atoms with Crippen molar-refractivity contribution in [2.75, 3.05) is 5.88 Å². The van der Waals surface area contributed by atoms with Gasteiger partial charge in [-0.15, -0.1) is 11.6 Å². The largest absolute Gasteiger partial charge is 0.338 e. The first-order valence-electron chi connectivity index (χ1n) is 5.78. The van der Waals surface area contributed by atoms with Crippen molar-refractivity contribution in [3.05, 3.63) is 18.2 Å². The first-order chi connectivity index (χ1) is 7.26. The van der Waals surface area contributed by atoms with Crippen LogP contribution in [0.15, 0.2) is 12.4 Å². The monoisotopic (exact) mass is 226 g/mol. The average Bonchev–Trinajstić information content (AvgIpc) is 2.85. The van der Waals surface area contributed by atoms with Crippen molar-refractivity contribution < 1.29 is 0 Å². The number of imidazole rings is 1. The maximum atomic E-state index is 6.12. The fraction of sp³-hybridized carbons (Fsp3) is 0.750. The van der Waals surface area contributed by atoms with Crippen LogP contribution in [0.1, 0.15) is 37.9 Å². The second kappa shape index (κ2) is 4.56. The van der Waals surface area contributed by atoms with Crippen molar-refractivity contribution in [1.29, 1.82) is 0 Å². The van der Waals surface area contributed by atoms with Gasteiger partial charge in [0, 0.05) is 31.7 Å². The summed E-state index contributed by atoms with van der Waals surface area (Å²) >= 11 is 6.12. The van der Waals surface area contributed by atoms with Crippen molar-refractivity contribution in [3.8, 4) is 0 Å². The Labute approximate surface area is 96.7 Å². The van der Waals surface area contributed by atoms with Crippen molar-refractivity contribution in [2.45, 2.75) is 38.5 Å². The van der Waals surface area contributed by atoms with E-state index < -0.39 is 0 Å². The number of hydrogen-bond acceptors (Lipinski definition) is 1. The SMILES string of the molecule is Cn1ccnc1CCC1(CCl)CCCC1. The standard InChI is InChI=1S/C12H19ClN2/c1-15-9-8-14-11(15)4-7-12(10-13)5-2-3-6-12/h8-9H,2-7,10H2,1H3. The van der Waals surface area contributed by atoms with E-state index in [1.54, 1.807) is 0 Å². The number of alkyl halides is 1. The summed E-state index contributed by atoms with van der Waals surface area (Å²) in [5.41, 5.74) is 0.410. The van der Waals surface area contributed by atoms with Crippen LogP contribution in [0.3, 0.4) is 0 Å². The van der Waals surface area contributed by atoms with Gasteiger partial charge >= 0.3 is 0 Å². The summed E-state index contributed by atoms with van der Waals surface area (Å²) in [5.74, 6) is 2.00. The minimum atomic E-state index is 0.410. The molecule has 3 heteroatoms. The minimum absolute atomic E-state index is 0.410. The van der Waals surface area contributed by atoms with E-state index in [1.807, 2.05) is 12.4 Å². The van der Waals surface area contributed by atoms with E-state index in [-0.39, 0.29) is 0 Å². The van der Waals surface area contributed by atoms with E-state index in [2.05, 4.69) is 16.6 Å². The highest BCUT2D eigenvalue weighted by Crippen LogP contribution is 2.42. The van der Waals surface area contributed by atoms with Crippen LogP contribution in [0.4, 0.5) is 0 Å². The van der Waals surface area contributed by atoms with Gasteiger partial charge in [-0.3, -0.25) is 0 Å². The zero-order valence-electron chi connectivity index (χ0n) is 9.38. The fourth-order valence-electron chi connectivity index (χ4n) is 2.59. The van der Waals surface area contributed by atoms with E-state index >= 15 is 0 Å². The molecule has 1 fully saturated rings. The summed E-state index contributed by atoms with van der Waals surface area (Å²) in [5, 5.41) is 0. The predicted molar refractivity (Wildman–Crippen MR) is 63.2 cm³/mol. The van der Waals surface area contributed by atoms with Crippen molar-refractivity contribution in [1.82, 2.24) is 9.55 Å². The van der Waals surface area contributed by atoms with Gasteiger partial charge in [-0.25, -0.2) is 4.98 Å². The molecule has 1 aliphatic carbocycles. The summed E-state index contributed by atoms with van der Waals surface area (Å²) in [4.78, 5) is 4.36. The molecular weight excluding hydrogens is 208 g/mol. The molecule has 0 unspecified atom stereocenters. The molecule has 0 bridgehead atoms. The molecule has 1 aromatic rings. The van der Waals surface area contributed by atoms with Crippen LogP contribution < -0.4 is 0 Å². The fourth-order valence-corrected chi connectivity index (χ4v) is 2.99. The van der Waals surface area contributed by atoms with Crippen molar-refractivity contribution in [3.63, 3.8) is 0 Å². The first-order valence-corrected chi connectivity index (χ1v) is 6.31. The van der Waals surface area contributed by atoms with Crippen molar-refractivity contribution >= 4 is 11.6 Å². The summed E-state index contributed by atoms with van der Waals surface area (Å²) in [6.45, 7) is 0. The van der Waals surface area contributed by atoms with E-state index in [0.717, 1.165) is 12.3 Å². The lowest BCUT2D eigenvalue weighted by Gasteiger charge is -2.25. The van der Waals surface area contributed by atoms with Crippen LogP contribution >= 0.6 is 11.6 Å². The van der Waals surface area contributed by atoms with Gasteiger partial charge in [-0.2, -0.15) is 0 Å². The Morgan fingerprint density at radius 3 is 2.73 bits per heavy atom. The van der Waals surface area contributed by atoms with Crippen LogP contribution in [-0.4, -0.2) is 15.4 Å². The van der Waals surface area contributed by atoms with Crippen LogP contribution in [-0.2, 0) is 13.5 Å². The molecule has 1 aromatic heterocycles. The zero-order valence-corrected chi connectivity index (χ0v) is 10.1. The number of aryl methyl sites for hydroxylation is 2. The highest BCUT2D eigenvalue weighted by atomic mass is 35.5. The van der Waals surface area contributed by atoms with Gasteiger partial charge in [-0.1, -0.05) is 12.8 Å². The molecule has 1 aliphatic rings. The molecule has 0 amide bonds. The molecule has 0 aromatic carbocycles. The van der Waals surface area contributed by atoms with Crippen LogP contribution in [0.25, 0.3) is 0 Å². The molecule has 2 nitrogen and oxygen atoms in total. The molecule has 0 saturated heterocycles. The molecule has 0 spiro atoms. The summed E-state index contributed by atoms with van der Waals surface area (Å²) in [7, 11) is 2.06. The first kappa shape index (κ1) is 11.0. The minimum Gasteiger partial charge on any atom is -0.338 e. The molecule has 1 heterocycles. The summed E-state index contributed by atoms with van der Waals surface area (Å²) in [6.07, 6.45) is 11.5. The van der Waals surface area contributed by atoms with E-state index in [9.17, 15) is 0 Å². The number of aromatic nitrogens is 2. The molecule has 0 N–H and O–H groups in total. The molecular formula is C12H19ClN2. The second-order valence-electron chi connectivity index (χ2n) is 4.80. The molecule has 0 radical (unpaired) electrons. The molecule has 1 saturated carbocycles. The Kier molecular flexibility index (Phi) is 3.35.